The van der Waals surface area contributed by atoms with Crippen LogP contribution < -0.4 is 15.4 Å². The molecule has 3 aromatic rings. The molecule has 2 N–H and O–H groups in total. The number of aromatic nitrogens is 1. The van der Waals surface area contributed by atoms with E-state index in [4.69, 9.17) is 13.9 Å². The van der Waals surface area contributed by atoms with Crippen molar-refractivity contribution < 1.29 is 28.3 Å². The lowest BCUT2D eigenvalue weighted by Crippen LogP contribution is -2.32. The van der Waals surface area contributed by atoms with Crippen molar-refractivity contribution in [2.24, 2.45) is 0 Å². The summed E-state index contributed by atoms with van der Waals surface area (Å²) >= 11 is 1.25. The van der Waals surface area contributed by atoms with E-state index >= 15 is 0 Å². The summed E-state index contributed by atoms with van der Waals surface area (Å²) in [6, 6.07) is 10.4. The first-order chi connectivity index (χ1) is 14.0. The maximum Gasteiger partial charge on any atom is 0.325 e. The second-order valence-electron chi connectivity index (χ2n) is 5.64. The molecular formula is C19H17N3O6S. The average Bonchev–Trinajstić information content (AvgIpc) is 3.43. The molecule has 9 nitrogen and oxygen atoms in total. The molecule has 0 radical (unpaired) electrons. The lowest BCUT2D eigenvalue weighted by molar-refractivity contribution is -0.146. The molecule has 150 valence electrons. The smallest absolute Gasteiger partial charge is 0.325 e. The number of benzene rings is 1. The number of carbonyl (C=O) groups is 3. The Bertz CT molecular complexity index is 982. The molecule has 0 aliphatic rings. The van der Waals surface area contributed by atoms with Gasteiger partial charge in [-0.2, -0.15) is 0 Å². The second-order valence-corrected chi connectivity index (χ2v) is 6.49. The summed E-state index contributed by atoms with van der Waals surface area (Å²) in [4.78, 5) is 39.5. The Morgan fingerprint density at radius 1 is 1.17 bits per heavy atom. The molecule has 2 heterocycles. The van der Waals surface area contributed by atoms with Crippen LogP contribution in [0, 0.1) is 0 Å². The van der Waals surface area contributed by atoms with Gasteiger partial charge in [-0.3, -0.25) is 19.7 Å². The third kappa shape index (κ3) is 5.66. The number of anilines is 1. The molecule has 0 aliphatic carbocycles. The number of carbonyl (C=O) groups excluding carboxylic acids is 3. The van der Waals surface area contributed by atoms with E-state index in [9.17, 15) is 14.4 Å². The molecule has 2 amide bonds. The quantitative estimate of drug-likeness (QED) is 0.542. The van der Waals surface area contributed by atoms with Crippen LogP contribution in [0.2, 0.25) is 0 Å². The van der Waals surface area contributed by atoms with Crippen LogP contribution in [-0.4, -0.2) is 43.0 Å². The van der Waals surface area contributed by atoms with Crippen molar-refractivity contribution in [1.82, 2.24) is 10.3 Å². The van der Waals surface area contributed by atoms with Gasteiger partial charge in [-0.1, -0.05) is 0 Å². The number of esters is 1. The van der Waals surface area contributed by atoms with E-state index in [2.05, 4.69) is 15.6 Å². The molecule has 0 unspecified atom stereocenters. The summed E-state index contributed by atoms with van der Waals surface area (Å²) in [5.41, 5.74) is 1.58. The van der Waals surface area contributed by atoms with E-state index in [1.807, 2.05) is 24.3 Å². The Labute approximate surface area is 169 Å². The minimum atomic E-state index is -0.752. The fraction of sp³-hybridized carbons (Fsp3) is 0.158. The molecule has 0 fully saturated rings. The molecule has 2 aromatic heterocycles. The summed E-state index contributed by atoms with van der Waals surface area (Å²) in [5.74, 6) is -1.03. The average molecular weight is 415 g/mol. The minimum absolute atomic E-state index is 0.0759. The van der Waals surface area contributed by atoms with Crippen LogP contribution in [0.4, 0.5) is 5.13 Å². The van der Waals surface area contributed by atoms with Gasteiger partial charge in [0.2, 0.25) is 0 Å². The molecule has 0 spiro atoms. The van der Waals surface area contributed by atoms with Crippen molar-refractivity contribution in [3.05, 3.63) is 53.8 Å². The van der Waals surface area contributed by atoms with Gasteiger partial charge >= 0.3 is 5.97 Å². The van der Waals surface area contributed by atoms with Crippen molar-refractivity contribution in [2.45, 2.75) is 0 Å². The predicted molar refractivity (Wildman–Crippen MR) is 105 cm³/mol. The minimum Gasteiger partial charge on any atom is -0.497 e. The first kappa shape index (κ1) is 20.1. The van der Waals surface area contributed by atoms with E-state index in [1.54, 1.807) is 18.6 Å². The number of amides is 2. The van der Waals surface area contributed by atoms with Gasteiger partial charge < -0.3 is 19.2 Å². The number of nitrogens with one attached hydrogen (secondary N) is 2. The van der Waals surface area contributed by atoms with Crippen molar-refractivity contribution in [1.29, 1.82) is 0 Å². The Morgan fingerprint density at radius 2 is 1.97 bits per heavy atom. The molecule has 0 aliphatic heterocycles. The molecule has 3 rings (SSSR count). The van der Waals surface area contributed by atoms with Crippen LogP contribution in [0.5, 0.6) is 5.75 Å². The van der Waals surface area contributed by atoms with Crippen molar-refractivity contribution >= 4 is 34.3 Å². The SMILES string of the molecule is COc1ccc(-c2csc(NC(=O)COC(=O)CNC(=O)c3ccco3)n2)cc1. The van der Waals surface area contributed by atoms with Crippen molar-refractivity contribution in [3.8, 4) is 17.0 Å². The molecule has 0 saturated carbocycles. The number of furan rings is 1. The van der Waals surface area contributed by atoms with Gasteiger partial charge in [-0.15, -0.1) is 11.3 Å². The highest BCUT2D eigenvalue weighted by Crippen LogP contribution is 2.26. The van der Waals surface area contributed by atoms with Crippen LogP contribution in [0.15, 0.2) is 52.5 Å². The number of methoxy groups -OCH3 is 1. The summed E-state index contributed by atoms with van der Waals surface area (Å²) in [6.07, 6.45) is 1.34. The van der Waals surface area contributed by atoms with Gasteiger partial charge in [-0.05, 0) is 36.4 Å². The van der Waals surface area contributed by atoms with Gasteiger partial charge in [-0.25, -0.2) is 4.98 Å². The van der Waals surface area contributed by atoms with E-state index in [-0.39, 0.29) is 12.3 Å². The van der Waals surface area contributed by atoms with Crippen LogP contribution in [0.1, 0.15) is 10.6 Å². The zero-order chi connectivity index (χ0) is 20.6. The lowest BCUT2D eigenvalue weighted by atomic mass is 10.2. The van der Waals surface area contributed by atoms with E-state index in [0.29, 0.717) is 10.8 Å². The highest BCUT2D eigenvalue weighted by Gasteiger charge is 2.13. The van der Waals surface area contributed by atoms with E-state index in [0.717, 1.165) is 11.3 Å². The molecule has 1 aromatic carbocycles. The Balaban J connectivity index is 1.43. The zero-order valence-corrected chi connectivity index (χ0v) is 16.2. The second kappa shape index (κ2) is 9.51. The standard InChI is InChI=1S/C19H17N3O6S/c1-26-13-6-4-12(5-7-13)14-11-29-19(21-14)22-16(23)10-28-17(24)9-20-18(25)15-3-2-8-27-15/h2-8,11H,9-10H2,1H3,(H,20,25)(H,21,22,23). The van der Waals surface area contributed by atoms with Gasteiger partial charge in [0, 0.05) is 10.9 Å². The molecular weight excluding hydrogens is 398 g/mol. The van der Waals surface area contributed by atoms with Crippen LogP contribution >= 0.6 is 11.3 Å². The van der Waals surface area contributed by atoms with Gasteiger partial charge in [0.15, 0.2) is 17.5 Å². The zero-order valence-electron chi connectivity index (χ0n) is 15.3. The van der Waals surface area contributed by atoms with Crippen molar-refractivity contribution in [3.63, 3.8) is 0 Å². The maximum atomic E-state index is 11.9. The molecule has 29 heavy (non-hydrogen) atoms. The van der Waals surface area contributed by atoms with Crippen LogP contribution in [-0.2, 0) is 14.3 Å². The first-order valence-electron chi connectivity index (χ1n) is 8.42. The fourth-order valence-corrected chi connectivity index (χ4v) is 2.96. The maximum absolute atomic E-state index is 11.9. The predicted octanol–water partition coefficient (Wildman–Crippen LogP) is 2.32. The normalized spacial score (nSPS) is 10.2. The van der Waals surface area contributed by atoms with Gasteiger partial charge in [0.25, 0.3) is 11.8 Å². The third-order valence-corrected chi connectivity index (χ3v) is 4.40. The number of thiazole rings is 1. The number of nitrogens with zero attached hydrogens (tertiary/aromatic N) is 1. The Kier molecular flexibility index (Phi) is 6.59. The van der Waals surface area contributed by atoms with Crippen LogP contribution in [0.3, 0.4) is 0 Å². The number of hydrogen-bond acceptors (Lipinski definition) is 8. The summed E-state index contributed by atoms with van der Waals surface area (Å²) in [6.45, 7) is -0.876. The highest BCUT2D eigenvalue weighted by molar-refractivity contribution is 7.14. The fourth-order valence-electron chi connectivity index (χ4n) is 2.23. The van der Waals surface area contributed by atoms with Crippen molar-refractivity contribution in [2.75, 3.05) is 25.6 Å². The molecule has 0 atom stereocenters. The van der Waals surface area contributed by atoms with Gasteiger partial charge in [0.1, 0.15) is 12.3 Å². The Hall–Kier alpha value is -3.66. The summed E-state index contributed by atoms with van der Waals surface area (Å²) in [7, 11) is 1.59. The summed E-state index contributed by atoms with van der Waals surface area (Å²) in [5, 5.41) is 7.07. The highest BCUT2D eigenvalue weighted by atomic mass is 32.1. The Morgan fingerprint density at radius 3 is 2.66 bits per heavy atom. The van der Waals surface area contributed by atoms with Gasteiger partial charge in [0.05, 0.1) is 19.1 Å². The number of hydrogen-bond donors (Lipinski definition) is 2. The summed E-state index contributed by atoms with van der Waals surface area (Å²) < 4.78 is 14.8. The largest absolute Gasteiger partial charge is 0.497 e. The first-order valence-corrected chi connectivity index (χ1v) is 9.30. The lowest BCUT2D eigenvalue weighted by Gasteiger charge is -2.05. The topological polar surface area (TPSA) is 120 Å². The molecule has 0 saturated heterocycles. The third-order valence-electron chi connectivity index (χ3n) is 3.64. The molecule has 10 heteroatoms. The van der Waals surface area contributed by atoms with Crippen LogP contribution in [0.25, 0.3) is 11.3 Å². The monoisotopic (exact) mass is 415 g/mol. The van der Waals surface area contributed by atoms with E-state index < -0.39 is 24.4 Å². The number of rotatable bonds is 8. The molecule has 0 bridgehead atoms. The number of ether oxygens (including phenoxy) is 2. The van der Waals surface area contributed by atoms with E-state index in [1.165, 1.54) is 23.7 Å².